The van der Waals surface area contributed by atoms with Crippen LogP contribution < -0.4 is 0 Å². The second-order valence-electron chi connectivity index (χ2n) is 3.64. The molecule has 0 amide bonds. The predicted octanol–water partition coefficient (Wildman–Crippen LogP) is 0.430. The minimum Gasteiger partial charge on any atom is -0.386 e. The van der Waals surface area contributed by atoms with E-state index in [0.717, 1.165) is 5.82 Å². The van der Waals surface area contributed by atoms with Gasteiger partial charge in [0.05, 0.1) is 12.0 Å². The smallest absolute Gasteiger partial charge is 0.111 e. The van der Waals surface area contributed by atoms with Gasteiger partial charge in [0, 0.05) is 39.1 Å². The molecule has 5 heteroatoms. The third-order valence-corrected chi connectivity index (χ3v) is 2.36. The summed E-state index contributed by atoms with van der Waals surface area (Å²) >= 11 is 0. The van der Waals surface area contributed by atoms with Crippen LogP contribution in [-0.2, 0) is 20.5 Å². The van der Waals surface area contributed by atoms with Crippen LogP contribution in [0.5, 0.6) is 0 Å². The molecule has 1 unspecified atom stereocenters. The summed E-state index contributed by atoms with van der Waals surface area (Å²) in [5, 5.41) is 9.90. The first kappa shape index (κ1) is 9.92. The van der Waals surface area contributed by atoms with Crippen molar-refractivity contribution in [2.45, 2.75) is 12.5 Å². The zero-order valence-electron chi connectivity index (χ0n) is 8.83. The molecule has 0 fully saturated rings. The molecule has 0 aliphatic heterocycles. The lowest BCUT2D eigenvalue weighted by Crippen LogP contribution is -2.06. The summed E-state index contributed by atoms with van der Waals surface area (Å²) in [6, 6.07) is 0. The Morgan fingerprint density at radius 3 is 2.73 bits per heavy atom. The third kappa shape index (κ3) is 2.07. The van der Waals surface area contributed by atoms with Gasteiger partial charge in [-0.2, -0.15) is 0 Å². The molecule has 2 aromatic heterocycles. The molecule has 0 radical (unpaired) electrons. The van der Waals surface area contributed by atoms with E-state index < -0.39 is 6.10 Å². The molecule has 2 rings (SSSR count). The molecule has 1 atom stereocenters. The first-order chi connectivity index (χ1) is 7.16. The molecule has 0 aliphatic rings. The Balaban J connectivity index is 2.10. The van der Waals surface area contributed by atoms with Crippen LogP contribution in [0.2, 0.25) is 0 Å². The highest BCUT2D eigenvalue weighted by Crippen LogP contribution is 2.14. The molecular weight excluding hydrogens is 192 g/mol. The lowest BCUT2D eigenvalue weighted by molar-refractivity contribution is 0.170. The zero-order chi connectivity index (χ0) is 10.8. The summed E-state index contributed by atoms with van der Waals surface area (Å²) < 4.78 is 3.71. The van der Waals surface area contributed by atoms with E-state index in [0.29, 0.717) is 12.1 Å². The van der Waals surface area contributed by atoms with Crippen LogP contribution in [0.25, 0.3) is 0 Å². The fourth-order valence-corrected chi connectivity index (χ4v) is 1.48. The van der Waals surface area contributed by atoms with Gasteiger partial charge in [0.1, 0.15) is 11.9 Å². The van der Waals surface area contributed by atoms with Gasteiger partial charge >= 0.3 is 0 Å². The maximum atomic E-state index is 9.90. The van der Waals surface area contributed by atoms with Gasteiger partial charge in [0.2, 0.25) is 0 Å². The number of aromatic nitrogens is 4. The number of hydrogen-bond acceptors (Lipinski definition) is 3. The van der Waals surface area contributed by atoms with Crippen LogP contribution in [0.3, 0.4) is 0 Å². The van der Waals surface area contributed by atoms with E-state index in [1.807, 2.05) is 35.6 Å². The van der Waals surface area contributed by atoms with E-state index in [-0.39, 0.29) is 0 Å². The SMILES string of the molecule is Cn1cnc(C(O)Cc2nccn2C)c1. The number of aliphatic hydroxyl groups is 1. The van der Waals surface area contributed by atoms with Crippen molar-refractivity contribution in [2.75, 3.05) is 0 Å². The van der Waals surface area contributed by atoms with E-state index in [1.165, 1.54) is 0 Å². The van der Waals surface area contributed by atoms with Crippen molar-refractivity contribution >= 4 is 0 Å². The van der Waals surface area contributed by atoms with Gasteiger partial charge in [-0.05, 0) is 0 Å². The number of rotatable bonds is 3. The summed E-state index contributed by atoms with van der Waals surface area (Å²) in [7, 11) is 3.79. The highest BCUT2D eigenvalue weighted by Gasteiger charge is 2.13. The van der Waals surface area contributed by atoms with Crippen LogP contribution in [0.15, 0.2) is 24.9 Å². The highest BCUT2D eigenvalue weighted by molar-refractivity contribution is 5.04. The molecule has 5 nitrogen and oxygen atoms in total. The second kappa shape index (κ2) is 3.86. The van der Waals surface area contributed by atoms with Crippen molar-refractivity contribution in [3.8, 4) is 0 Å². The Bertz CT molecular complexity index is 446. The number of aryl methyl sites for hydroxylation is 2. The molecule has 1 N–H and O–H groups in total. The Morgan fingerprint density at radius 2 is 2.20 bits per heavy atom. The van der Waals surface area contributed by atoms with Crippen LogP contribution in [0.4, 0.5) is 0 Å². The van der Waals surface area contributed by atoms with Crippen LogP contribution in [0.1, 0.15) is 17.6 Å². The molecule has 0 bridgehead atoms. The lowest BCUT2D eigenvalue weighted by atomic mass is 10.2. The molecule has 2 heterocycles. The molecule has 15 heavy (non-hydrogen) atoms. The van der Waals surface area contributed by atoms with Gasteiger partial charge in [-0.3, -0.25) is 0 Å². The largest absolute Gasteiger partial charge is 0.386 e. The number of hydrogen-bond donors (Lipinski definition) is 1. The van der Waals surface area contributed by atoms with Crippen LogP contribution >= 0.6 is 0 Å². The zero-order valence-corrected chi connectivity index (χ0v) is 8.83. The lowest BCUT2D eigenvalue weighted by Gasteiger charge is -2.07. The highest BCUT2D eigenvalue weighted by atomic mass is 16.3. The Kier molecular flexibility index (Phi) is 2.55. The fourth-order valence-electron chi connectivity index (χ4n) is 1.48. The van der Waals surface area contributed by atoms with Crippen LogP contribution in [-0.4, -0.2) is 24.2 Å². The van der Waals surface area contributed by atoms with Gasteiger partial charge in [0.25, 0.3) is 0 Å². The molecule has 0 spiro atoms. The van der Waals surface area contributed by atoms with E-state index in [4.69, 9.17) is 0 Å². The van der Waals surface area contributed by atoms with Gasteiger partial charge in [-0.15, -0.1) is 0 Å². The third-order valence-electron chi connectivity index (χ3n) is 2.36. The quantitative estimate of drug-likeness (QED) is 0.792. The van der Waals surface area contributed by atoms with Gasteiger partial charge < -0.3 is 14.2 Å². The monoisotopic (exact) mass is 206 g/mol. The van der Waals surface area contributed by atoms with Crippen molar-refractivity contribution in [3.63, 3.8) is 0 Å². The van der Waals surface area contributed by atoms with Gasteiger partial charge in [-0.25, -0.2) is 9.97 Å². The average molecular weight is 206 g/mol. The fraction of sp³-hybridized carbons (Fsp3) is 0.400. The van der Waals surface area contributed by atoms with Crippen molar-refractivity contribution in [1.29, 1.82) is 0 Å². The molecule has 0 saturated carbocycles. The molecule has 0 aliphatic carbocycles. The predicted molar refractivity (Wildman–Crippen MR) is 55.1 cm³/mol. The molecule has 0 saturated heterocycles. The van der Waals surface area contributed by atoms with Crippen molar-refractivity contribution in [3.05, 3.63) is 36.4 Å². The Morgan fingerprint density at radius 1 is 1.40 bits per heavy atom. The minimum atomic E-state index is -0.590. The van der Waals surface area contributed by atoms with E-state index in [2.05, 4.69) is 9.97 Å². The second-order valence-corrected chi connectivity index (χ2v) is 3.64. The van der Waals surface area contributed by atoms with Crippen molar-refractivity contribution < 1.29 is 5.11 Å². The first-order valence-electron chi connectivity index (χ1n) is 4.79. The summed E-state index contributed by atoms with van der Waals surface area (Å²) in [4.78, 5) is 8.26. The van der Waals surface area contributed by atoms with E-state index in [9.17, 15) is 5.11 Å². The Hall–Kier alpha value is -1.62. The standard InChI is InChI=1S/C10H14N4O/c1-13-6-8(12-7-13)9(15)5-10-11-3-4-14(10)2/h3-4,6-7,9,15H,5H2,1-2H3. The van der Waals surface area contributed by atoms with Crippen molar-refractivity contribution in [2.24, 2.45) is 14.1 Å². The summed E-state index contributed by atoms with van der Waals surface area (Å²) in [6.07, 6.45) is 6.97. The minimum absolute atomic E-state index is 0.487. The summed E-state index contributed by atoms with van der Waals surface area (Å²) in [5.41, 5.74) is 0.681. The van der Waals surface area contributed by atoms with E-state index >= 15 is 0 Å². The van der Waals surface area contributed by atoms with Gasteiger partial charge in [0.15, 0.2) is 0 Å². The van der Waals surface area contributed by atoms with Crippen molar-refractivity contribution in [1.82, 2.24) is 19.1 Å². The maximum Gasteiger partial charge on any atom is 0.111 e. The number of nitrogens with zero attached hydrogens (tertiary/aromatic N) is 4. The first-order valence-corrected chi connectivity index (χ1v) is 4.79. The maximum absolute atomic E-state index is 9.90. The molecule has 0 aromatic carbocycles. The number of imidazole rings is 2. The Labute approximate surface area is 88.0 Å². The normalized spacial score (nSPS) is 13.0. The number of aliphatic hydroxyl groups excluding tert-OH is 1. The summed E-state index contributed by atoms with van der Waals surface area (Å²) in [5.74, 6) is 0.855. The summed E-state index contributed by atoms with van der Waals surface area (Å²) in [6.45, 7) is 0. The van der Waals surface area contributed by atoms with Gasteiger partial charge in [-0.1, -0.05) is 0 Å². The molecule has 2 aromatic rings. The topological polar surface area (TPSA) is 55.9 Å². The average Bonchev–Trinajstić information content (AvgIpc) is 2.77. The van der Waals surface area contributed by atoms with E-state index in [1.54, 1.807) is 12.5 Å². The molecular formula is C10H14N4O. The molecule has 80 valence electrons. The van der Waals surface area contributed by atoms with Crippen LogP contribution in [0, 0.1) is 0 Å².